The number of rotatable bonds is 6. The van der Waals surface area contributed by atoms with Crippen molar-refractivity contribution in [3.05, 3.63) is 42.6 Å². The monoisotopic (exact) mass is 592 g/mol. The molecule has 1 N–H and O–H groups in total. The van der Waals surface area contributed by atoms with Crippen molar-refractivity contribution in [2.75, 3.05) is 59.7 Å². The predicted octanol–water partition coefficient (Wildman–Crippen LogP) is 3.61. The van der Waals surface area contributed by atoms with Gasteiger partial charge in [-0.2, -0.15) is 4.31 Å². The van der Waals surface area contributed by atoms with Crippen molar-refractivity contribution in [3.8, 4) is 0 Å². The maximum absolute atomic E-state index is 13.7. The molecule has 4 aliphatic carbocycles. The predicted molar refractivity (Wildman–Crippen MR) is 163 cm³/mol. The highest BCUT2D eigenvalue weighted by Gasteiger charge is 2.56. The topological polar surface area (TPSA) is 106 Å². The standard InChI is InChI=1S/C31H40N6O4S/c1-2-42(40,41)35-11-9-34(10-12-35)25-7-8-28(32-20-25)36-13-14-37(27-6-4-3-5-26(27)36)30(39)33-29-23-15-22-16-24(29)19-31(17-22,18-23)21-38/h3-8,20-24,29H,2,9-19H2,1H3,(H,33,39). The van der Waals surface area contributed by atoms with E-state index in [0.29, 0.717) is 57.0 Å². The molecule has 0 radical (unpaired) electrons. The van der Waals surface area contributed by atoms with Crippen LogP contribution >= 0.6 is 0 Å². The molecule has 224 valence electrons. The van der Waals surface area contributed by atoms with Gasteiger partial charge in [0.05, 0.1) is 29.0 Å². The van der Waals surface area contributed by atoms with Crippen LogP contribution in [0.5, 0.6) is 0 Å². The number of carbonyl (C=O) groups is 2. The summed E-state index contributed by atoms with van der Waals surface area (Å²) in [5, 5.41) is 3.42. The Hall–Kier alpha value is -3.18. The van der Waals surface area contributed by atoms with E-state index in [1.165, 1.54) is 6.29 Å². The minimum Gasteiger partial charge on any atom is -0.368 e. The minimum absolute atomic E-state index is 0.0488. The second kappa shape index (κ2) is 10.5. The van der Waals surface area contributed by atoms with Gasteiger partial charge in [-0.25, -0.2) is 18.2 Å². The van der Waals surface area contributed by atoms with E-state index in [1.807, 2.05) is 47.5 Å². The number of anilines is 4. The molecule has 2 atom stereocenters. The van der Waals surface area contributed by atoms with Gasteiger partial charge in [0.1, 0.15) is 12.1 Å². The number of pyridine rings is 1. The number of aromatic nitrogens is 1. The average molecular weight is 593 g/mol. The normalized spacial score (nSPS) is 30.7. The third kappa shape index (κ3) is 4.74. The quantitative estimate of drug-likeness (QED) is 0.511. The molecule has 11 heteroatoms. The van der Waals surface area contributed by atoms with E-state index in [1.54, 1.807) is 11.2 Å². The molecule has 10 nitrogen and oxygen atoms in total. The Bertz CT molecular complexity index is 1440. The van der Waals surface area contributed by atoms with Crippen LogP contribution in [0.15, 0.2) is 42.6 Å². The van der Waals surface area contributed by atoms with Crippen LogP contribution in [0.25, 0.3) is 0 Å². The first kappa shape index (κ1) is 27.6. The summed E-state index contributed by atoms with van der Waals surface area (Å²) in [4.78, 5) is 36.7. The Morgan fingerprint density at radius 2 is 1.69 bits per heavy atom. The lowest BCUT2D eigenvalue weighted by atomic mass is 9.48. The zero-order valence-electron chi connectivity index (χ0n) is 24.2. The summed E-state index contributed by atoms with van der Waals surface area (Å²) >= 11 is 0. The van der Waals surface area contributed by atoms with Gasteiger partial charge in [-0.15, -0.1) is 0 Å². The van der Waals surface area contributed by atoms with Crippen LogP contribution in [-0.4, -0.2) is 81.1 Å². The molecule has 3 heterocycles. The fourth-order valence-electron chi connectivity index (χ4n) is 8.63. The molecule has 4 saturated carbocycles. The van der Waals surface area contributed by atoms with Crippen molar-refractivity contribution in [2.24, 2.45) is 23.2 Å². The van der Waals surface area contributed by atoms with Gasteiger partial charge in [-0.1, -0.05) is 12.1 Å². The van der Waals surface area contributed by atoms with E-state index in [2.05, 4.69) is 15.1 Å². The number of aldehydes is 1. The lowest BCUT2D eigenvalue weighted by Gasteiger charge is -2.58. The number of hydrogen-bond donors (Lipinski definition) is 1. The molecule has 2 unspecified atom stereocenters. The number of piperazine rings is 1. The summed E-state index contributed by atoms with van der Waals surface area (Å²) < 4.78 is 26.0. The molecule has 1 aromatic heterocycles. The van der Waals surface area contributed by atoms with Gasteiger partial charge in [0.25, 0.3) is 0 Å². The van der Waals surface area contributed by atoms with Gasteiger partial charge >= 0.3 is 6.03 Å². The fourth-order valence-corrected chi connectivity index (χ4v) is 9.71. The Morgan fingerprint density at radius 1 is 0.976 bits per heavy atom. The van der Waals surface area contributed by atoms with Crippen molar-refractivity contribution < 1.29 is 18.0 Å². The van der Waals surface area contributed by atoms with Gasteiger partial charge in [-0.3, -0.25) is 4.90 Å². The zero-order valence-corrected chi connectivity index (χ0v) is 25.0. The first-order chi connectivity index (χ1) is 20.3. The van der Waals surface area contributed by atoms with Crippen LogP contribution in [0.4, 0.5) is 27.7 Å². The molecule has 2 aliphatic heterocycles. The summed E-state index contributed by atoms with van der Waals surface area (Å²) in [5.74, 6) is 2.36. The molecule has 8 rings (SSSR count). The molecule has 2 aromatic rings. The molecule has 0 spiro atoms. The number of nitrogens with one attached hydrogen (secondary N) is 1. The van der Waals surface area contributed by atoms with Gasteiger partial charge in [0.2, 0.25) is 10.0 Å². The van der Waals surface area contributed by atoms with Crippen molar-refractivity contribution in [1.29, 1.82) is 0 Å². The molecule has 2 amide bonds. The number of urea groups is 1. The van der Waals surface area contributed by atoms with Crippen LogP contribution in [0.1, 0.15) is 39.0 Å². The Balaban J connectivity index is 1.04. The maximum atomic E-state index is 13.7. The molecule has 1 saturated heterocycles. The zero-order chi connectivity index (χ0) is 29.1. The van der Waals surface area contributed by atoms with E-state index < -0.39 is 10.0 Å². The number of fused-ring (bicyclic) bond motifs is 1. The number of sulfonamides is 1. The van der Waals surface area contributed by atoms with Crippen molar-refractivity contribution in [1.82, 2.24) is 14.6 Å². The molecular formula is C31H40N6O4S. The maximum Gasteiger partial charge on any atom is 0.322 e. The van der Waals surface area contributed by atoms with Crippen LogP contribution in [0.3, 0.4) is 0 Å². The van der Waals surface area contributed by atoms with E-state index in [9.17, 15) is 18.0 Å². The second-order valence-electron chi connectivity index (χ2n) is 12.9. The highest BCUT2D eigenvalue weighted by molar-refractivity contribution is 7.89. The first-order valence-corrected chi connectivity index (χ1v) is 17.0. The first-order valence-electron chi connectivity index (χ1n) is 15.4. The van der Waals surface area contributed by atoms with Crippen LogP contribution < -0.4 is 20.0 Å². The smallest absolute Gasteiger partial charge is 0.322 e. The number of nitrogens with zero attached hydrogens (tertiary/aromatic N) is 5. The van der Waals surface area contributed by atoms with E-state index >= 15 is 0 Å². The molecule has 42 heavy (non-hydrogen) atoms. The summed E-state index contributed by atoms with van der Waals surface area (Å²) in [6, 6.07) is 12.1. The lowest BCUT2D eigenvalue weighted by Crippen LogP contribution is -2.61. The number of carbonyl (C=O) groups excluding carboxylic acids is 2. The van der Waals surface area contributed by atoms with E-state index in [0.717, 1.165) is 55.0 Å². The highest BCUT2D eigenvalue weighted by Crippen LogP contribution is 2.59. The van der Waals surface area contributed by atoms with Crippen LogP contribution in [0, 0.1) is 23.2 Å². The fraction of sp³-hybridized carbons (Fsp3) is 0.581. The third-order valence-electron chi connectivity index (χ3n) is 10.5. The Morgan fingerprint density at radius 3 is 2.33 bits per heavy atom. The Kier molecular flexibility index (Phi) is 6.92. The third-order valence-corrected chi connectivity index (χ3v) is 12.4. The van der Waals surface area contributed by atoms with Crippen molar-refractivity contribution in [3.63, 3.8) is 0 Å². The summed E-state index contributed by atoms with van der Waals surface area (Å²) in [7, 11) is -3.16. The lowest BCUT2D eigenvalue weighted by molar-refractivity contribution is -0.133. The van der Waals surface area contributed by atoms with Gasteiger partial charge < -0.3 is 19.9 Å². The van der Waals surface area contributed by atoms with E-state index in [4.69, 9.17) is 4.98 Å². The molecule has 4 bridgehead atoms. The number of para-hydroxylation sites is 2. The average Bonchev–Trinajstić information content (AvgIpc) is 3.02. The Labute approximate surface area is 248 Å². The summed E-state index contributed by atoms with van der Waals surface area (Å²) in [6.07, 6.45) is 8.18. The molecular weight excluding hydrogens is 552 g/mol. The van der Waals surface area contributed by atoms with Crippen LogP contribution in [-0.2, 0) is 14.8 Å². The number of hydrogen-bond acceptors (Lipinski definition) is 7. The largest absolute Gasteiger partial charge is 0.368 e. The van der Waals surface area contributed by atoms with Gasteiger partial charge in [0, 0.05) is 50.7 Å². The van der Waals surface area contributed by atoms with E-state index in [-0.39, 0.29) is 23.2 Å². The SMILES string of the molecule is CCS(=O)(=O)N1CCN(c2ccc(N3CCN(C(=O)NC4C5CC6CC4CC(C=O)(C6)C5)c4ccccc43)nc2)CC1. The minimum atomic E-state index is -3.16. The summed E-state index contributed by atoms with van der Waals surface area (Å²) in [6.45, 7) is 5.09. The summed E-state index contributed by atoms with van der Waals surface area (Å²) in [5.41, 5.74) is 2.64. The van der Waals surface area contributed by atoms with Crippen molar-refractivity contribution in [2.45, 2.75) is 45.1 Å². The number of amides is 2. The van der Waals surface area contributed by atoms with Gasteiger partial charge in [0.15, 0.2) is 0 Å². The molecule has 6 aliphatic rings. The molecule has 1 aromatic carbocycles. The van der Waals surface area contributed by atoms with Crippen LogP contribution in [0.2, 0.25) is 0 Å². The second-order valence-corrected chi connectivity index (χ2v) is 15.1. The highest BCUT2D eigenvalue weighted by atomic mass is 32.2. The van der Waals surface area contributed by atoms with Crippen molar-refractivity contribution >= 4 is 45.2 Å². The molecule has 5 fully saturated rings. The number of benzene rings is 1. The van der Waals surface area contributed by atoms with Gasteiger partial charge in [-0.05, 0) is 81.0 Å².